The number of hydrogen-bond donors (Lipinski definition) is 0. The average Bonchev–Trinajstić information content (AvgIpc) is 3.07. The highest BCUT2D eigenvalue weighted by Gasteiger charge is 2.45. The molecule has 0 atom stereocenters. The van der Waals surface area contributed by atoms with Gasteiger partial charge in [0.15, 0.2) is 0 Å². The summed E-state index contributed by atoms with van der Waals surface area (Å²) in [5, 5.41) is 4.23. The summed E-state index contributed by atoms with van der Waals surface area (Å²) in [7, 11) is -1.96. The maximum Gasteiger partial charge on any atom is 0.126 e. The standard InChI is InChI=1S/C41H54OP/c1-2-3-4-5-6-7-8-9-10-11-12-13-14-26-35-42-41-34-25-24-27-37(41)36-43(38-28-18-15-19-29-38,39-30-20-16-21-31-39)40-32-22-17-23-33-40/h15-25,27-34H,2-14,26,35-36H2,1H3/q+1. The van der Waals surface area contributed by atoms with Gasteiger partial charge in [0.1, 0.15) is 35.1 Å². The topological polar surface area (TPSA) is 9.23 Å². The summed E-state index contributed by atoms with van der Waals surface area (Å²) in [5.74, 6) is 1.05. The van der Waals surface area contributed by atoms with Crippen LogP contribution in [-0.2, 0) is 6.16 Å². The molecule has 0 spiro atoms. The van der Waals surface area contributed by atoms with Gasteiger partial charge in [-0.3, -0.25) is 0 Å². The molecule has 0 aromatic heterocycles. The maximum atomic E-state index is 6.52. The third kappa shape index (κ3) is 10.4. The van der Waals surface area contributed by atoms with Crippen LogP contribution in [0.4, 0.5) is 0 Å². The Hall–Kier alpha value is -2.89. The highest BCUT2D eigenvalue weighted by molar-refractivity contribution is 7.95. The van der Waals surface area contributed by atoms with Crippen molar-refractivity contribution in [2.75, 3.05) is 6.61 Å². The van der Waals surface area contributed by atoms with Gasteiger partial charge in [-0.05, 0) is 48.9 Å². The number of benzene rings is 4. The van der Waals surface area contributed by atoms with E-state index in [0.29, 0.717) is 0 Å². The van der Waals surface area contributed by atoms with E-state index in [2.05, 4.69) is 122 Å². The van der Waals surface area contributed by atoms with Crippen LogP contribution in [-0.4, -0.2) is 6.61 Å². The highest BCUT2D eigenvalue weighted by atomic mass is 31.2. The Kier molecular flexibility index (Phi) is 14.9. The molecule has 43 heavy (non-hydrogen) atoms. The molecule has 0 aliphatic heterocycles. The Bertz CT molecular complexity index is 1160. The van der Waals surface area contributed by atoms with E-state index < -0.39 is 7.26 Å². The quantitative estimate of drug-likeness (QED) is 0.0690. The van der Waals surface area contributed by atoms with Crippen LogP contribution in [0.25, 0.3) is 0 Å². The second kappa shape index (κ2) is 19.4. The number of hydrogen-bond acceptors (Lipinski definition) is 1. The second-order valence-electron chi connectivity index (χ2n) is 12.0. The van der Waals surface area contributed by atoms with Gasteiger partial charge in [0, 0.05) is 5.56 Å². The van der Waals surface area contributed by atoms with Crippen LogP contribution in [0, 0.1) is 0 Å². The van der Waals surface area contributed by atoms with Crippen LogP contribution in [0.2, 0.25) is 0 Å². The lowest BCUT2D eigenvalue weighted by molar-refractivity contribution is 0.302. The molecule has 0 saturated carbocycles. The van der Waals surface area contributed by atoms with Crippen molar-refractivity contribution in [2.45, 2.75) is 103 Å². The molecule has 4 aromatic carbocycles. The lowest BCUT2D eigenvalue weighted by Crippen LogP contribution is -2.32. The summed E-state index contributed by atoms with van der Waals surface area (Å²) < 4.78 is 6.52. The van der Waals surface area contributed by atoms with E-state index in [-0.39, 0.29) is 0 Å². The maximum absolute atomic E-state index is 6.52. The van der Waals surface area contributed by atoms with Gasteiger partial charge in [0.05, 0.1) is 6.61 Å². The molecular formula is C41H54OP+. The molecule has 1 nitrogen and oxygen atoms in total. The van der Waals surface area contributed by atoms with Crippen molar-refractivity contribution in [3.63, 3.8) is 0 Å². The van der Waals surface area contributed by atoms with Gasteiger partial charge in [0.25, 0.3) is 0 Å². The SMILES string of the molecule is CCCCCCCCCCCCCCCCOc1ccccc1C[P+](c1ccccc1)(c1ccccc1)c1ccccc1. The molecule has 0 heterocycles. The summed E-state index contributed by atoms with van der Waals surface area (Å²) in [6.45, 7) is 3.09. The molecule has 0 amide bonds. The van der Waals surface area contributed by atoms with Crippen LogP contribution < -0.4 is 20.7 Å². The second-order valence-corrected chi connectivity index (χ2v) is 15.5. The smallest absolute Gasteiger partial charge is 0.126 e. The van der Waals surface area contributed by atoms with E-state index in [1.165, 1.54) is 105 Å². The van der Waals surface area contributed by atoms with Gasteiger partial charge >= 0.3 is 0 Å². The number of para-hydroxylation sites is 1. The molecule has 2 heteroatoms. The summed E-state index contributed by atoms with van der Waals surface area (Å²) in [5.41, 5.74) is 1.30. The predicted molar refractivity (Wildman–Crippen MR) is 191 cm³/mol. The molecule has 0 radical (unpaired) electrons. The zero-order valence-corrected chi connectivity index (χ0v) is 27.5. The lowest BCUT2D eigenvalue weighted by atomic mass is 10.0. The van der Waals surface area contributed by atoms with Crippen molar-refractivity contribution in [1.82, 2.24) is 0 Å². The Labute approximate surface area is 263 Å². The fraction of sp³-hybridized carbons (Fsp3) is 0.415. The summed E-state index contributed by atoms with van der Waals surface area (Å²) in [6, 6.07) is 42.2. The molecule has 0 fully saturated rings. The van der Waals surface area contributed by atoms with Crippen LogP contribution in [0.3, 0.4) is 0 Å². The summed E-state index contributed by atoms with van der Waals surface area (Å²) in [4.78, 5) is 0. The van der Waals surface area contributed by atoms with E-state index >= 15 is 0 Å². The van der Waals surface area contributed by atoms with Gasteiger partial charge in [0.2, 0.25) is 0 Å². The minimum atomic E-state index is -1.96. The zero-order chi connectivity index (χ0) is 29.8. The van der Waals surface area contributed by atoms with E-state index in [0.717, 1.165) is 24.9 Å². The first kappa shape index (κ1) is 33.0. The fourth-order valence-corrected chi connectivity index (χ4v) is 10.5. The monoisotopic (exact) mass is 593 g/mol. The molecule has 0 aliphatic rings. The van der Waals surface area contributed by atoms with Gasteiger partial charge in [-0.25, -0.2) is 0 Å². The van der Waals surface area contributed by atoms with Gasteiger partial charge in [-0.15, -0.1) is 0 Å². The first-order valence-corrected chi connectivity index (χ1v) is 19.1. The molecule has 0 N–H and O–H groups in total. The highest BCUT2D eigenvalue weighted by Crippen LogP contribution is 2.59. The van der Waals surface area contributed by atoms with E-state index in [9.17, 15) is 0 Å². The minimum Gasteiger partial charge on any atom is -0.493 e. The fourth-order valence-electron chi connectivity index (χ4n) is 6.28. The average molecular weight is 594 g/mol. The molecule has 228 valence electrons. The van der Waals surface area contributed by atoms with Gasteiger partial charge in [-0.1, -0.05) is 163 Å². The normalized spacial score (nSPS) is 11.5. The lowest BCUT2D eigenvalue weighted by Gasteiger charge is -2.28. The molecular weight excluding hydrogens is 539 g/mol. The van der Waals surface area contributed by atoms with Crippen LogP contribution >= 0.6 is 7.26 Å². The first-order chi connectivity index (χ1) is 21.3. The van der Waals surface area contributed by atoms with Crippen molar-refractivity contribution in [3.05, 3.63) is 121 Å². The first-order valence-electron chi connectivity index (χ1n) is 17.1. The van der Waals surface area contributed by atoms with Crippen molar-refractivity contribution >= 4 is 23.2 Å². The van der Waals surface area contributed by atoms with Crippen molar-refractivity contribution < 1.29 is 4.74 Å². The Morgan fingerprint density at radius 1 is 0.419 bits per heavy atom. The minimum absolute atomic E-state index is 0.794. The zero-order valence-electron chi connectivity index (χ0n) is 26.6. The predicted octanol–water partition coefficient (Wildman–Crippen LogP) is 11.0. The Morgan fingerprint density at radius 3 is 1.23 bits per heavy atom. The van der Waals surface area contributed by atoms with Crippen LogP contribution in [0.15, 0.2) is 115 Å². The third-order valence-corrected chi connectivity index (χ3v) is 13.1. The largest absolute Gasteiger partial charge is 0.493 e. The third-order valence-electron chi connectivity index (χ3n) is 8.73. The van der Waals surface area contributed by atoms with E-state index in [1.54, 1.807) is 0 Å². The number of ether oxygens (including phenoxy) is 1. The summed E-state index contributed by atoms with van der Waals surface area (Å²) in [6.07, 6.45) is 20.2. The van der Waals surface area contributed by atoms with Crippen molar-refractivity contribution in [1.29, 1.82) is 0 Å². The Balaban J connectivity index is 1.31. The molecule has 0 unspecified atom stereocenters. The van der Waals surface area contributed by atoms with E-state index in [4.69, 9.17) is 4.74 Å². The van der Waals surface area contributed by atoms with Gasteiger partial charge < -0.3 is 4.74 Å². The van der Waals surface area contributed by atoms with E-state index in [1.807, 2.05) is 0 Å². The molecule has 0 bridgehead atoms. The van der Waals surface area contributed by atoms with Crippen LogP contribution in [0.5, 0.6) is 5.75 Å². The Morgan fingerprint density at radius 2 is 0.791 bits per heavy atom. The molecule has 0 aliphatic carbocycles. The molecule has 0 saturated heterocycles. The van der Waals surface area contributed by atoms with Gasteiger partial charge in [-0.2, -0.15) is 0 Å². The number of rotatable bonds is 21. The van der Waals surface area contributed by atoms with Crippen molar-refractivity contribution in [2.24, 2.45) is 0 Å². The molecule has 4 aromatic rings. The molecule has 4 rings (SSSR count). The number of unbranched alkanes of at least 4 members (excludes halogenated alkanes) is 13. The van der Waals surface area contributed by atoms with Crippen LogP contribution in [0.1, 0.15) is 102 Å². The van der Waals surface area contributed by atoms with Crippen molar-refractivity contribution in [3.8, 4) is 5.75 Å². The summed E-state index contributed by atoms with van der Waals surface area (Å²) >= 11 is 0.